The van der Waals surface area contributed by atoms with Crippen LogP contribution in [0.15, 0.2) is 23.1 Å². The van der Waals surface area contributed by atoms with Crippen LogP contribution in [0, 0.1) is 0 Å². The number of carbonyl (C=O) groups is 2. The van der Waals surface area contributed by atoms with Gasteiger partial charge in [-0.15, -0.1) is 24.2 Å². The molecule has 1 saturated heterocycles. The first-order chi connectivity index (χ1) is 9.65. The van der Waals surface area contributed by atoms with Gasteiger partial charge in [0.15, 0.2) is 0 Å². The summed E-state index contributed by atoms with van der Waals surface area (Å²) in [6.07, 6.45) is 0. The zero-order chi connectivity index (χ0) is 14.1. The van der Waals surface area contributed by atoms with Crippen molar-refractivity contribution in [2.45, 2.75) is 17.1 Å². The zero-order valence-electron chi connectivity index (χ0n) is 11.7. The molecule has 1 fully saturated rings. The van der Waals surface area contributed by atoms with E-state index in [1.165, 1.54) is 11.8 Å². The highest BCUT2D eigenvalue weighted by Gasteiger charge is 2.25. The van der Waals surface area contributed by atoms with Gasteiger partial charge in [-0.25, -0.2) is 0 Å². The molecular formula is C14H18ClN3O2S. The van der Waals surface area contributed by atoms with Crippen LogP contribution in [0.25, 0.3) is 0 Å². The van der Waals surface area contributed by atoms with Crippen LogP contribution in [0.3, 0.4) is 0 Å². The van der Waals surface area contributed by atoms with Gasteiger partial charge >= 0.3 is 0 Å². The summed E-state index contributed by atoms with van der Waals surface area (Å²) >= 11 is 1.53. The second-order valence-electron chi connectivity index (χ2n) is 5.00. The van der Waals surface area contributed by atoms with Crippen molar-refractivity contribution >= 4 is 41.7 Å². The van der Waals surface area contributed by atoms with Crippen LogP contribution < -0.4 is 10.6 Å². The summed E-state index contributed by atoms with van der Waals surface area (Å²) in [6.45, 7) is 5.01. The lowest BCUT2D eigenvalue weighted by atomic mass is 10.1. The highest BCUT2D eigenvalue weighted by molar-refractivity contribution is 8.00. The molecule has 2 heterocycles. The molecule has 2 N–H and O–H groups in total. The van der Waals surface area contributed by atoms with Crippen LogP contribution in [0.5, 0.6) is 0 Å². The Bertz CT molecular complexity index is 561. The Kier molecular flexibility index (Phi) is 5.13. The first-order valence-electron chi connectivity index (χ1n) is 6.77. The minimum Gasteiger partial charge on any atom is -0.336 e. The molecule has 0 spiro atoms. The molecule has 2 amide bonds. The number of nitrogens with one attached hydrogen (secondary N) is 2. The Labute approximate surface area is 134 Å². The van der Waals surface area contributed by atoms with E-state index in [4.69, 9.17) is 0 Å². The van der Waals surface area contributed by atoms with Crippen molar-refractivity contribution in [1.29, 1.82) is 0 Å². The number of rotatable bonds is 1. The molecule has 7 heteroatoms. The van der Waals surface area contributed by atoms with Crippen LogP contribution in [0.4, 0.5) is 5.69 Å². The molecular weight excluding hydrogens is 310 g/mol. The molecule has 21 heavy (non-hydrogen) atoms. The molecule has 0 bridgehead atoms. The average molecular weight is 328 g/mol. The molecule has 1 atom stereocenters. The van der Waals surface area contributed by atoms with E-state index in [1.807, 2.05) is 24.0 Å². The predicted octanol–water partition coefficient (Wildman–Crippen LogP) is 1.59. The standard InChI is InChI=1S/C14H17N3O2S.ClH/c1-9-13(18)16-11-8-10(2-3-12(11)20-9)14(19)17-6-4-15-5-7-17;/h2-3,8-9,15H,4-7H2,1H3,(H,16,18);1H. The molecule has 3 rings (SSSR count). The van der Waals surface area contributed by atoms with E-state index in [0.29, 0.717) is 5.56 Å². The SMILES string of the molecule is CC1Sc2ccc(C(=O)N3CCNCC3)cc2NC1=O.Cl. The highest BCUT2D eigenvalue weighted by Crippen LogP contribution is 2.36. The van der Waals surface area contributed by atoms with Gasteiger partial charge in [0.05, 0.1) is 10.9 Å². The molecule has 1 unspecified atom stereocenters. The lowest BCUT2D eigenvalue weighted by Crippen LogP contribution is -2.46. The number of anilines is 1. The second-order valence-corrected chi connectivity index (χ2v) is 6.39. The Morgan fingerprint density at radius 2 is 2.05 bits per heavy atom. The fourth-order valence-electron chi connectivity index (χ4n) is 2.39. The van der Waals surface area contributed by atoms with Gasteiger partial charge in [-0.1, -0.05) is 0 Å². The van der Waals surface area contributed by atoms with E-state index >= 15 is 0 Å². The van der Waals surface area contributed by atoms with Crippen molar-refractivity contribution in [3.8, 4) is 0 Å². The summed E-state index contributed by atoms with van der Waals surface area (Å²) in [6, 6.07) is 5.56. The van der Waals surface area contributed by atoms with E-state index in [1.54, 1.807) is 6.07 Å². The molecule has 2 aliphatic heterocycles. The van der Waals surface area contributed by atoms with Gasteiger partial charge in [0.25, 0.3) is 5.91 Å². The fourth-order valence-corrected chi connectivity index (χ4v) is 3.32. The topological polar surface area (TPSA) is 61.4 Å². The number of benzene rings is 1. The number of piperazine rings is 1. The van der Waals surface area contributed by atoms with Crippen molar-refractivity contribution in [1.82, 2.24) is 10.2 Å². The van der Waals surface area contributed by atoms with E-state index in [0.717, 1.165) is 36.8 Å². The van der Waals surface area contributed by atoms with Crippen LogP contribution in [-0.2, 0) is 4.79 Å². The Balaban J connectivity index is 0.00000161. The van der Waals surface area contributed by atoms with E-state index in [-0.39, 0.29) is 29.5 Å². The smallest absolute Gasteiger partial charge is 0.254 e. The first-order valence-corrected chi connectivity index (χ1v) is 7.64. The Morgan fingerprint density at radius 3 is 2.76 bits per heavy atom. The average Bonchev–Trinajstić information content (AvgIpc) is 2.48. The first kappa shape index (κ1) is 16.1. The number of nitrogens with zero attached hydrogens (tertiary/aromatic N) is 1. The summed E-state index contributed by atoms with van der Waals surface area (Å²) in [5, 5.41) is 6.01. The largest absolute Gasteiger partial charge is 0.336 e. The second kappa shape index (κ2) is 6.68. The van der Waals surface area contributed by atoms with E-state index < -0.39 is 0 Å². The fraction of sp³-hybridized carbons (Fsp3) is 0.429. The quantitative estimate of drug-likeness (QED) is 0.822. The molecule has 1 aromatic carbocycles. The number of fused-ring (bicyclic) bond motifs is 1. The number of hydrogen-bond donors (Lipinski definition) is 2. The third-order valence-corrected chi connectivity index (χ3v) is 4.74. The summed E-state index contributed by atoms with van der Waals surface area (Å²) < 4.78 is 0. The van der Waals surface area contributed by atoms with E-state index in [9.17, 15) is 9.59 Å². The summed E-state index contributed by atoms with van der Waals surface area (Å²) in [4.78, 5) is 27.0. The normalized spacial score (nSPS) is 21.1. The third-order valence-electron chi connectivity index (χ3n) is 3.56. The summed E-state index contributed by atoms with van der Waals surface area (Å²) in [7, 11) is 0. The predicted molar refractivity (Wildman–Crippen MR) is 86.4 cm³/mol. The molecule has 0 radical (unpaired) electrons. The monoisotopic (exact) mass is 327 g/mol. The van der Waals surface area contributed by atoms with Gasteiger partial charge in [-0.2, -0.15) is 0 Å². The van der Waals surface area contributed by atoms with Crippen LogP contribution >= 0.6 is 24.2 Å². The molecule has 0 aromatic heterocycles. The van der Waals surface area contributed by atoms with Crippen LogP contribution in [-0.4, -0.2) is 48.1 Å². The van der Waals surface area contributed by atoms with Crippen molar-refractivity contribution in [3.05, 3.63) is 23.8 Å². The molecule has 2 aliphatic rings. The van der Waals surface area contributed by atoms with Gasteiger partial charge in [0.1, 0.15) is 0 Å². The number of carbonyl (C=O) groups excluding carboxylic acids is 2. The van der Waals surface area contributed by atoms with Crippen molar-refractivity contribution < 1.29 is 9.59 Å². The lowest BCUT2D eigenvalue weighted by molar-refractivity contribution is -0.115. The summed E-state index contributed by atoms with van der Waals surface area (Å²) in [5.41, 5.74) is 1.39. The maximum atomic E-state index is 12.4. The van der Waals surface area contributed by atoms with Gasteiger partial charge < -0.3 is 15.5 Å². The number of hydrogen-bond acceptors (Lipinski definition) is 4. The summed E-state index contributed by atoms with van der Waals surface area (Å²) in [5.74, 6) is 0.0291. The van der Waals surface area contributed by atoms with E-state index in [2.05, 4.69) is 10.6 Å². The van der Waals surface area contributed by atoms with Crippen molar-refractivity contribution in [2.24, 2.45) is 0 Å². The minimum atomic E-state index is -0.0859. The highest BCUT2D eigenvalue weighted by atomic mass is 35.5. The molecule has 5 nitrogen and oxygen atoms in total. The Hall–Kier alpha value is -1.24. The van der Waals surface area contributed by atoms with Gasteiger partial charge in [0.2, 0.25) is 5.91 Å². The minimum absolute atomic E-state index is 0. The van der Waals surface area contributed by atoms with Crippen LogP contribution in [0.2, 0.25) is 0 Å². The Morgan fingerprint density at radius 1 is 1.33 bits per heavy atom. The van der Waals surface area contributed by atoms with Crippen molar-refractivity contribution in [3.63, 3.8) is 0 Å². The zero-order valence-corrected chi connectivity index (χ0v) is 13.4. The lowest BCUT2D eigenvalue weighted by Gasteiger charge is -2.28. The van der Waals surface area contributed by atoms with Crippen molar-refractivity contribution in [2.75, 3.05) is 31.5 Å². The number of thioether (sulfide) groups is 1. The molecule has 1 aromatic rings. The molecule has 0 saturated carbocycles. The van der Waals surface area contributed by atoms with Gasteiger partial charge in [-0.3, -0.25) is 9.59 Å². The molecule has 114 valence electrons. The number of halogens is 1. The number of amides is 2. The van der Waals surface area contributed by atoms with Gasteiger partial charge in [-0.05, 0) is 25.1 Å². The maximum absolute atomic E-state index is 12.4. The van der Waals surface area contributed by atoms with Crippen LogP contribution in [0.1, 0.15) is 17.3 Å². The maximum Gasteiger partial charge on any atom is 0.254 e. The third kappa shape index (κ3) is 3.33. The van der Waals surface area contributed by atoms with Gasteiger partial charge in [0, 0.05) is 36.6 Å². The molecule has 0 aliphatic carbocycles.